The molecule has 1 aliphatic heterocycles. The van der Waals surface area contributed by atoms with Gasteiger partial charge in [0, 0.05) is 19.0 Å². The molecule has 24 heavy (non-hydrogen) atoms. The van der Waals surface area contributed by atoms with E-state index in [-0.39, 0.29) is 48.6 Å². The smallest absolute Gasteiger partial charge is 0.233 e. The normalized spacial score (nSPS) is 36.6. The Balaban J connectivity index is 1.51. The Bertz CT molecular complexity index is 495. The molecule has 0 aromatic heterocycles. The molecule has 3 aliphatic rings. The zero-order chi connectivity index (χ0) is 17.3. The molecule has 2 saturated carbocycles. The SMILES string of the molecule is C[C@@H]1[C@H](C)CCC[C@H]1NC(=O)CCN1C(=O)[C@H]2CCCC[C@H]2C1=O. The Hall–Kier alpha value is -1.39. The Morgan fingerprint density at radius 1 is 1.00 bits per heavy atom. The fraction of sp³-hybridized carbons (Fsp3) is 0.842. The highest BCUT2D eigenvalue weighted by Crippen LogP contribution is 2.38. The maximum atomic E-state index is 12.4. The molecular weight excluding hydrogens is 304 g/mol. The maximum Gasteiger partial charge on any atom is 0.233 e. The molecule has 5 heteroatoms. The summed E-state index contributed by atoms with van der Waals surface area (Å²) >= 11 is 0. The van der Waals surface area contributed by atoms with E-state index in [0.29, 0.717) is 11.8 Å². The monoisotopic (exact) mass is 334 g/mol. The largest absolute Gasteiger partial charge is 0.353 e. The number of nitrogens with one attached hydrogen (secondary N) is 1. The van der Waals surface area contributed by atoms with E-state index in [0.717, 1.165) is 38.5 Å². The van der Waals surface area contributed by atoms with E-state index in [1.54, 1.807) is 0 Å². The van der Waals surface area contributed by atoms with Crippen molar-refractivity contribution in [3.8, 4) is 0 Å². The Labute approximate surface area is 144 Å². The Morgan fingerprint density at radius 2 is 1.62 bits per heavy atom. The van der Waals surface area contributed by atoms with Crippen LogP contribution in [0.25, 0.3) is 0 Å². The van der Waals surface area contributed by atoms with Crippen LogP contribution in [0.1, 0.15) is 65.2 Å². The molecule has 5 atom stereocenters. The fourth-order valence-electron chi connectivity index (χ4n) is 4.73. The fourth-order valence-corrected chi connectivity index (χ4v) is 4.73. The van der Waals surface area contributed by atoms with Gasteiger partial charge in [0.25, 0.3) is 0 Å². The summed E-state index contributed by atoms with van der Waals surface area (Å²) in [5, 5.41) is 3.13. The minimum atomic E-state index is -0.117. The van der Waals surface area contributed by atoms with Gasteiger partial charge in [-0.25, -0.2) is 0 Å². The van der Waals surface area contributed by atoms with Gasteiger partial charge in [-0.3, -0.25) is 19.3 Å². The van der Waals surface area contributed by atoms with Crippen LogP contribution in [-0.4, -0.2) is 35.2 Å². The van der Waals surface area contributed by atoms with Crippen molar-refractivity contribution in [3.05, 3.63) is 0 Å². The molecule has 0 spiro atoms. The third-order valence-electron chi connectivity index (χ3n) is 6.55. The van der Waals surface area contributed by atoms with Crippen LogP contribution in [0.5, 0.6) is 0 Å². The predicted molar refractivity (Wildman–Crippen MR) is 90.9 cm³/mol. The minimum absolute atomic E-state index is 0.0311. The average Bonchev–Trinajstić information content (AvgIpc) is 2.82. The molecule has 1 N–H and O–H groups in total. The van der Waals surface area contributed by atoms with Crippen LogP contribution in [0, 0.1) is 23.7 Å². The quantitative estimate of drug-likeness (QED) is 0.803. The Kier molecular flexibility index (Phi) is 5.26. The van der Waals surface area contributed by atoms with Gasteiger partial charge in [-0.05, 0) is 31.1 Å². The first-order valence-corrected chi connectivity index (χ1v) is 9.63. The second-order valence-corrected chi connectivity index (χ2v) is 8.02. The number of rotatable bonds is 4. The number of hydrogen-bond donors (Lipinski definition) is 1. The van der Waals surface area contributed by atoms with Gasteiger partial charge >= 0.3 is 0 Å². The third-order valence-corrected chi connectivity index (χ3v) is 6.55. The van der Waals surface area contributed by atoms with E-state index >= 15 is 0 Å². The van der Waals surface area contributed by atoms with E-state index in [2.05, 4.69) is 19.2 Å². The molecule has 1 saturated heterocycles. The standard InChI is InChI=1S/C19H30N2O3/c1-12-6-5-9-16(13(12)2)20-17(22)10-11-21-18(23)14-7-3-4-8-15(14)19(21)24/h12-16H,3-11H2,1-2H3,(H,20,22)/t12-,13-,14-,15+,16-/m1/s1. The lowest BCUT2D eigenvalue weighted by atomic mass is 9.78. The van der Waals surface area contributed by atoms with Crippen LogP contribution >= 0.6 is 0 Å². The molecule has 0 unspecified atom stereocenters. The summed E-state index contributed by atoms with van der Waals surface area (Å²) in [6, 6.07) is 0.230. The lowest BCUT2D eigenvalue weighted by molar-refractivity contribution is -0.140. The zero-order valence-corrected chi connectivity index (χ0v) is 14.9. The van der Waals surface area contributed by atoms with Crippen molar-refractivity contribution in [2.24, 2.45) is 23.7 Å². The van der Waals surface area contributed by atoms with E-state index < -0.39 is 0 Å². The predicted octanol–water partition coefficient (Wildman–Crippen LogP) is 2.49. The second-order valence-electron chi connectivity index (χ2n) is 8.02. The van der Waals surface area contributed by atoms with E-state index in [4.69, 9.17) is 0 Å². The van der Waals surface area contributed by atoms with Crippen molar-refractivity contribution >= 4 is 17.7 Å². The number of imide groups is 1. The van der Waals surface area contributed by atoms with Crippen molar-refractivity contribution < 1.29 is 14.4 Å². The van der Waals surface area contributed by atoms with Gasteiger partial charge in [0.15, 0.2) is 0 Å². The second kappa shape index (κ2) is 7.24. The molecule has 2 aliphatic carbocycles. The lowest BCUT2D eigenvalue weighted by Gasteiger charge is -2.34. The van der Waals surface area contributed by atoms with Crippen molar-refractivity contribution in [1.29, 1.82) is 0 Å². The summed E-state index contributed by atoms with van der Waals surface area (Å²) < 4.78 is 0. The van der Waals surface area contributed by atoms with Gasteiger partial charge in [0.1, 0.15) is 0 Å². The van der Waals surface area contributed by atoms with Gasteiger partial charge < -0.3 is 5.32 Å². The molecule has 0 radical (unpaired) electrons. The average molecular weight is 334 g/mol. The van der Waals surface area contributed by atoms with E-state index in [1.165, 1.54) is 11.3 Å². The maximum absolute atomic E-state index is 12.4. The zero-order valence-electron chi connectivity index (χ0n) is 14.9. The highest BCUT2D eigenvalue weighted by atomic mass is 16.2. The molecule has 3 rings (SSSR count). The van der Waals surface area contributed by atoms with Crippen LogP contribution in [0.4, 0.5) is 0 Å². The van der Waals surface area contributed by atoms with Crippen LogP contribution in [0.2, 0.25) is 0 Å². The first-order valence-electron chi connectivity index (χ1n) is 9.63. The summed E-state index contributed by atoms with van der Waals surface area (Å²) in [7, 11) is 0. The van der Waals surface area contributed by atoms with Crippen molar-refractivity contribution in [3.63, 3.8) is 0 Å². The van der Waals surface area contributed by atoms with Crippen LogP contribution in [0.3, 0.4) is 0 Å². The molecular formula is C19H30N2O3. The highest BCUT2D eigenvalue weighted by molar-refractivity contribution is 6.05. The molecule has 0 bridgehead atoms. The van der Waals surface area contributed by atoms with Crippen LogP contribution < -0.4 is 5.32 Å². The summed E-state index contributed by atoms with van der Waals surface area (Å²) in [5.74, 6) is 0.766. The summed E-state index contributed by atoms with van der Waals surface area (Å²) in [6.07, 6.45) is 7.37. The van der Waals surface area contributed by atoms with Crippen LogP contribution in [-0.2, 0) is 14.4 Å². The molecule has 0 aromatic carbocycles. The molecule has 1 heterocycles. The van der Waals surface area contributed by atoms with Gasteiger partial charge in [0.05, 0.1) is 11.8 Å². The summed E-state index contributed by atoms with van der Waals surface area (Å²) in [5.41, 5.74) is 0. The number of carbonyl (C=O) groups excluding carboxylic acids is 3. The van der Waals surface area contributed by atoms with E-state index in [9.17, 15) is 14.4 Å². The minimum Gasteiger partial charge on any atom is -0.353 e. The van der Waals surface area contributed by atoms with Crippen molar-refractivity contribution in [2.45, 2.75) is 71.3 Å². The number of amides is 3. The van der Waals surface area contributed by atoms with Gasteiger partial charge in [-0.15, -0.1) is 0 Å². The molecule has 134 valence electrons. The first kappa shape index (κ1) is 17.4. The topological polar surface area (TPSA) is 66.5 Å². The number of nitrogens with zero attached hydrogens (tertiary/aromatic N) is 1. The van der Waals surface area contributed by atoms with Crippen molar-refractivity contribution in [2.75, 3.05) is 6.54 Å². The number of fused-ring (bicyclic) bond motifs is 1. The van der Waals surface area contributed by atoms with E-state index in [1.807, 2.05) is 0 Å². The van der Waals surface area contributed by atoms with Crippen LogP contribution in [0.15, 0.2) is 0 Å². The summed E-state index contributed by atoms with van der Waals surface area (Å²) in [6.45, 7) is 4.69. The Morgan fingerprint density at radius 3 is 2.25 bits per heavy atom. The third kappa shape index (κ3) is 3.35. The first-order chi connectivity index (χ1) is 11.5. The molecule has 3 amide bonds. The lowest BCUT2D eigenvalue weighted by Crippen LogP contribution is -2.45. The molecule has 0 aromatic rings. The van der Waals surface area contributed by atoms with Crippen molar-refractivity contribution in [1.82, 2.24) is 10.2 Å². The number of hydrogen-bond acceptors (Lipinski definition) is 3. The van der Waals surface area contributed by atoms with Gasteiger partial charge in [-0.2, -0.15) is 0 Å². The molecule has 3 fully saturated rings. The van der Waals surface area contributed by atoms with Gasteiger partial charge in [0.2, 0.25) is 17.7 Å². The number of likely N-dealkylation sites (tertiary alicyclic amines) is 1. The van der Waals surface area contributed by atoms with Gasteiger partial charge in [-0.1, -0.05) is 39.5 Å². The summed E-state index contributed by atoms with van der Waals surface area (Å²) in [4.78, 5) is 38.5. The number of carbonyl (C=O) groups is 3. The molecule has 5 nitrogen and oxygen atoms in total. The highest BCUT2D eigenvalue weighted by Gasteiger charge is 2.47.